The Labute approximate surface area is 148 Å². The summed E-state index contributed by atoms with van der Waals surface area (Å²) in [6, 6.07) is 15.3. The number of carbonyl (C=O) groups is 1. The quantitative estimate of drug-likeness (QED) is 0.715. The van der Waals surface area contributed by atoms with Crippen LogP contribution < -0.4 is 20.1 Å². The van der Waals surface area contributed by atoms with Gasteiger partial charge in [0.05, 0.1) is 7.11 Å². The largest absolute Gasteiger partial charge is 0.497 e. The maximum absolute atomic E-state index is 11.9. The van der Waals surface area contributed by atoms with Gasteiger partial charge in [-0.25, -0.2) is 0 Å². The minimum Gasteiger partial charge on any atom is -0.497 e. The van der Waals surface area contributed by atoms with E-state index in [1.54, 1.807) is 7.11 Å². The van der Waals surface area contributed by atoms with E-state index in [1.165, 1.54) is 6.42 Å². The van der Waals surface area contributed by atoms with E-state index < -0.39 is 0 Å². The van der Waals surface area contributed by atoms with Crippen molar-refractivity contribution < 1.29 is 14.3 Å². The highest BCUT2D eigenvalue weighted by Gasteiger charge is 2.24. The van der Waals surface area contributed by atoms with Crippen LogP contribution in [0.25, 0.3) is 0 Å². The summed E-state index contributed by atoms with van der Waals surface area (Å²) in [4.78, 5) is 11.9. The molecule has 1 aliphatic rings. The molecule has 0 radical (unpaired) electrons. The summed E-state index contributed by atoms with van der Waals surface area (Å²) in [5.41, 5.74) is 1.84. The highest BCUT2D eigenvalue weighted by Crippen LogP contribution is 2.27. The van der Waals surface area contributed by atoms with Gasteiger partial charge in [0.15, 0.2) is 0 Å². The number of benzene rings is 2. The number of methoxy groups -OCH3 is 1. The number of hydrogen-bond acceptors (Lipinski definition) is 4. The fourth-order valence-corrected chi connectivity index (χ4v) is 2.62. The first-order valence-corrected chi connectivity index (χ1v) is 8.66. The number of amides is 1. The van der Waals surface area contributed by atoms with Crippen molar-refractivity contribution in [2.45, 2.75) is 19.3 Å². The lowest BCUT2D eigenvalue weighted by molar-refractivity contribution is -0.122. The summed E-state index contributed by atoms with van der Waals surface area (Å²) in [5, 5.41) is 6.27. The van der Waals surface area contributed by atoms with Gasteiger partial charge in [-0.05, 0) is 61.4 Å². The van der Waals surface area contributed by atoms with Gasteiger partial charge in [0, 0.05) is 23.8 Å². The van der Waals surface area contributed by atoms with Gasteiger partial charge in [0.2, 0.25) is 5.91 Å². The molecular formula is C20H24N2O3. The first kappa shape index (κ1) is 17.1. The lowest BCUT2D eigenvalue weighted by Crippen LogP contribution is -2.27. The van der Waals surface area contributed by atoms with Gasteiger partial charge in [0.1, 0.15) is 18.1 Å². The lowest BCUT2D eigenvalue weighted by Gasteiger charge is -2.24. The molecule has 1 fully saturated rings. The third-order valence-electron chi connectivity index (χ3n) is 4.39. The molecule has 1 amide bonds. The Kier molecular flexibility index (Phi) is 5.77. The molecule has 132 valence electrons. The van der Waals surface area contributed by atoms with Crippen LogP contribution in [0.1, 0.15) is 19.3 Å². The van der Waals surface area contributed by atoms with E-state index in [1.807, 2.05) is 48.5 Å². The second-order valence-corrected chi connectivity index (χ2v) is 6.15. The van der Waals surface area contributed by atoms with Gasteiger partial charge in [-0.2, -0.15) is 0 Å². The Bertz CT molecular complexity index is 679. The molecule has 0 heterocycles. The number of nitrogens with one attached hydrogen (secondary N) is 2. The smallest absolute Gasteiger partial charge is 0.227 e. The molecule has 2 aromatic carbocycles. The van der Waals surface area contributed by atoms with E-state index in [4.69, 9.17) is 9.47 Å². The van der Waals surface area contributed by atoms with Crippen LogP contribution in [0, 0.1) is 5.92 Å². The predicted molar refractivity (Wildman–Crippen MR) is 99.4 cm³/mol. The SMILES string of the molecule is COc1ccc(OCCNc2ccc(NC(=O)C3CCC3)cc2)cc1. The van der Waals surface area contributed by atoms with Gasteiger partial charge in [-0.15, -0.1) is 0 Å². The average molecular weight is 340 g/mol. The molecule has 25 heavy (non-hydrogen) atoms. The van der Waals surface area contributed by atoms with Crippen molar-refractivity contribution >= 4 is 17.3 Å². The Balaban J connectivity index is 1.38. The van der Waals surface area contributed by atoms with E-state index >= 15 is 0 Å². The molecule has 1 aliphatic carbocycles. The summed E-state index contributed by atoms with van der Waals surface area (Å²) in [7, 11) is 1.64. The second kappa shape index (κ2) is 8.42. The van der Waals surface area contributed by atoms with Crippen LogP contribution in [-0.4, -0.2) is 26.2 Å². The normalized spacial score (nSPS) is 13.6. The molecule has 2 N–H and O–H groups in total. The standard InChI is InChI=1S/C20H24N2O3/c1-24-18-9-11-19(12-10-18)25-14-13-21-16-5-7-17(8-6-16)22-20(23)15-3-2-4-15/h5-12,15,21H,2-4,13-14H2,1H3,(H,22,23). The van der Waals surface area contributed by atoms with Crippen LogP contribution in [0.4, 0.5) is 11.4 Å². The Morgan fingerprint density at radius 1 is 1.00 bits per heavy atom. The zero-order chi connectivity index (χ0) is 17.5. The fraction of sp³-hybridized carbons (Fsp3) is 0.350. The molecule has 5 heteroatoms. The van der Waals surface area contributed by atoms with Crippen LogP contribution in [0.2, 0.25) is 0 Å². The van der Waals surface area contributed by atoms with Crippen molar-refractivity contribution in [1.29, 1.82) is 0 Å². The Hall–Kier alpha value is -2.69. The van der Waals surface area contributed by atoms with Gasteiger partial charge >= 0.3 is 0 Å². The highest BCUT2D eigenvalue weighted by atomic mass is 16.5. The molecule has 0 unspecified atom stereocenters. The summed E-state index contributed by atoms with van der Waals surface area (Å²) in [5.74, 6) is 1.97. The van der Waals surface area contributed by atoms with Crippen LogP contribution in [0.15, 0.2) is 48.5 Å². The summed E-state index contributed by atoms with van der Waals surface area (Å²) in [6.45, 7) is 1.26. The number of carbonyl (C=O) groups excluding carboxylic acids is 1. The van der Waals surface area contributed by atoms with Gasteiger partial charge in [0.25, 0.3) is 0 Å². The van der Waals surface area contributed by atoms with Gasteiger partial charge in [-0.1, -0.05) is 6.42 Å². The van der Waals surface area contributed by atoms with Crippen molar-refractivity contribution in [3.05, 3.63) is 48.5 Å². The molecule has 0 atom stereocenters. The van der Waals surface area contributed by atoms with Crippen molar-refractivity contribution in [3.8, 4) is 11.5 Å². The van der Waals surface area contributed by atoms with E-state index in [0.717, 1.165) is 35.7 Å². The third kappa shape index (κ3) is 4.89. The van der Waals surface area contributed by atoms with Crippen molar-refractivity contribution in [1.82, 2.24) is 0 Å². The van der Waals surface area contributed by atoms with E-state index in [2.05, 4.69) is 10.6 Å². The van der Waals surface area contributed by atoms with E-state index in [0.29, 0.717) is 13.2 Å². The molecule has 0 spiro atoms. The zero-order valence-electron chi connectivity index (χ0n) is 14.5. The molecule has 5 nitrogen and oxygen atoms in total. The number of anilines is 2. The zero-order valence-corrected chi connectivity index (χ0v) is 14.5. The number of hydrogen-bond donors (Lipinski definition) is 2. The van der Waals surface area contributed by atoms with E-state index in [9.17, 15) is 4.79 Å². The minimum atomic E-state index is 0.139. The van der Waals surface area contributed by atoms with Crippen molar-refractivity contribution in [2.75, 3.05) is 30.9 Å². The monoisotopic (exact) mass is 340 g/mol. The minimum absolute atomic E-state index is 0.139. The predicted octanol–water partition coefficient (Wildman–Crippen LogP) is 3.92. The first-order chi connectivity index (χ1) is 12.2. The Morgan fingerprint density at radius 3 is 2.24 bits per heavy atom. The van der Waals surface area contributed by atoms with Crippen LogP contribution >= 0.6 is 0 Å². The molecule has 2 aromatic rings. The summed E-state index contributed by atoms with van der Waals surface area (Å²) >= 11 is 0. The van der Waals surface area contributed by atoms with Crippen LogP contribution in [-0.2, 0) is 4.79 Å². The molecule has 0 aliphatic heterocycles. The topological polar surface area (TPSA) is 59.6 Å². The first-order valence-electron chi connectivity index (χ1n) is 8.66. The van der Waals surface area contributed by atoms with Crippen LogP contribution in [0.3, 0.4) is 0 Å². The Morgan fingerprint density at radius 2 is 1.64 bits per heavy atom. The summed E-state index contributed by atoms with van der Waals surface area (Å²) in [6.07, 6.45) is 3.19. The lowest BCUT2D eigenvalue weighted by atomic mass is 9.85. The van der Waals surface area contributed by atoms with E-state index in [-0.39, 0.29) is 11.8 Å². The number of rotatable bonds is 8. The number of ether oxygens (including phenoxy) is 2. The maximum Gasteiger partial charge on any atom is 0.227 e. The molecule has 0 saturated heterocycles. The van der Waals surface area contributed by atoms with Crippen LogP contribution in [0.5, 0.6) is 11.5 Å². The second-order valence-electron chi connectivity index (χ2n) is 6.15. The highest BCUT2D eigenvalue weighted by molar-refractivity contribution is 5.93. The molecule has 0 bridgehead atoms. The molecule has 0 aromatic heterocycles. The van der Waals surface area contributed by atoms with Crippen molar-refractivity contribution in [3.63, 3.8) is 0 Å². The third-order valence-corrected chi connectivity index (χ3v) is 4.39. The maximum atomic E-state index is 11.9. The average Bonchev–Trinajstić information content (AvgIpc) is 2.59. The molecular weight excluding hydrogens is 316 g/mol. The van der Waals surface area contributed by atoms with Gasteiger partial charge < -0.3 is 20.1 Å². The van der Waals surface area contributed by atoms with Gasteiger partial charge in [-0.3, -0.25) is 4.79 Å². The molecule has 1 saturated carbocycles. The summed E-state index contributed by atoms with van der Waals surface area (Å²) < 4.78 is 10.8. The molecule has 3 rings (SSSR count). The van der Waals surface area contributed by atoms with Crippen molar-refractivity contribution in [2.24, 2.45) is 5.92 Å². The fourth-order valence-electron chi connectivity index (χ4n) is 2.62.